The van der Waals surface area contributed by atoms with Crippen molar-refractivity contribution in [1.29, 1.82) is 0 Å². The number of rotatable bonds is 2. The summed E-state index contributed by atoms with van der Waals surface area (Å²) in [5.74, 6) is 0.743. The lowest BCUT2D eigenvalue weighted by Crippen LogP contribution is -2.17. The Kier molecular flexibility index (Phi) is 7.56. The van der Waals surface area contributed by atoms with Gasteiger partial charge < -0.3 is 10.2 Å². The van der Waals surface area contributed by atoms with Crippen LogP contribution in [0.4, 0.5) is 0 Å². The van der Waals surface area contributed by atoms with E-state index in [9.17, 15) is 15.0 Å². The molecule has 0 aromatic heterocycles. The minimum atomic E-state index is -0.295. The van der Waals surface area contributed by atoms with Crippen molar-refractivity contribution in [3.63, 3.8) is 0 Å². The molecule has 0 bridgehead atoms. The fourth-order valence-corrected chi connectivity index (χ4v) is 7.22. The van der Waals surface area contributed by atoms with Gasteiger partial charge in [0.1, 0.15) is 11.5 Å². The molecule has 2 N–H and O–H groups in total. The fourth-order valence-electron chi connectivity index (χ4n) is 7.22. The molecule has 0 amide bonds. The van der Waals surface area contributed by atoms with E-state index >= 15 is 0 Å². The Labute approximate surface area is 287 Å². The molecule has 6 rings (SSSR count). The molecule has 0 saturated heterocycles. The molecule has 0 aliphatic heterocycles. The fraction of sp³-hybridized carbons (Fsp3) is 0.356. The maximum Gasteiger partial charge on any atom is 0.194 e. The smallest absolute Gasteiger partial charge is 0.194 e. The van der Waals surface area contributed by atoms with Gasteiger partial charge in [0.15, 0.2) is 5.78 Å². The predicted octanol–water partition coefficient (Wildman–Crippen LogP) is 11.3. The number of hydrogen-bond acceptors (Lipinski definition) is 3. The second kappa shape index (κ2) is 10.8. The summed E-state index contributed by atoms with van der Waals surface area (Å²) in [6.07, 6.45) is 0. The van der Waals surface area contributed by atoms with Gasteiger partial charge in [-0.1, -0.05) is 132 Å². The van der Waals surface area contributed by atoms with Crippen LogP contribution in [-0.4, -0.2) is 16.0 Å². The number of phenolic OH excluding ortho intramolecular Hbond substituents is 2. The Morgan fingerprint density at radius 1 is 0.396 bits per heavy atom. The highest BCUT2D eigenvalue weighted by Crippen LogP contribution is 2.60. The van der Waals surface area contributed by atoms with Gasteiger partial charge >= 0.3 is 0 Å². The molecule has 248 valence electrons. The van der Waals surface area contributed by atoms with Crippen LogP contribution in [-0.2, 0) is 21.7 Å². The Hall–Kier alpha value is -4.37. The Morgan fingerprint density at radius 3 is 0.938 bits per heavy atom. The number of fused-ring (bicyclic) bond motifs is 2. The Morgan fingerprint density at radius 2 is 0.667 bits per heavy atom. The van der Waals surface area contributed by atoms with Gasteiger partial charge in [0.05, 0.1) is 0 Å². The second-order valence-electron chi connectivity index (χ2n) is 17.8. The van der Waals surface area contributed by atoms with Crippen molar-refractivity contribution in [2.45, 2.75) is 105 Å². The number of ketones is 1. The molecule has 0 saturated carbocycles. The summed E-state index contributed by atoms with van der Waals surface area (Å²) in [6.45, 7) is 25.7. The monoisotopic (exact) mass is 638 g/mol. The summed E-state index contributed by atoms with van der Waals surface area (Å²) < 4.78 is 0. The summed E-state index contributed by atoms with van der Waals surface area (Å²) in [5.41, 5.74) is 12.2. The van der Waals surface area contributed by atoms with Gasteiger partial charge in [0, 0.05) is 33.4 Å². The van der Waals surface area contributed by atoms with E-state index in [1.807, 2.05) is 36.4 Å². The molecule has 0 heterocycles. The lowest BCUT2D eigenvalue weighted by molar-refractivity contribution is 0.103. The molecule has 0 atom stereocenters. The normalized spacial score (nSPS) is 15.1. The number of phenols is 2. The van der Waals surface area contributed by atoms with Gasteiger partial charge in [-0.2, -0.15) is 0 Å². The first-order valence-electron chi connectivity index (χ1n) is 17.1. The zero-order valence-corrected chi connectivity index (χ0v) is 30.7. The lowest BCUT2D eigenvalue weighted by atomic mass is 9.77. The summed E-state index contributed by atoms with van der Waals surface area (Å²) in [5, 5.41) is 23.3. The summed E-state index contributed by atoms with van der Waals surface area (Å²) >= 11 is 0. The largest absolute Gasteiger partial charge is 0.507 e. The van der Waals surface area contributed by atoms with Gasteiger partial charge in [0.25, 0.3) is 0 Å². The maximum absolute atomic E-state index is 13.8. The van der Waals surface area contributed by atoms with Gasteiger partial charge in [-0.05, 0) is 90.5 Å². The highest BCUT2D eigenvalue weighted by molar-refractivity contribution is 6.33. The topological polar surface area (TPSA) is 57.5 Å². The van der Waals surface area contributed by atoms with Crippen LogP contribution in [0.15, 0.2) is 78.4 Å². The second-order valence-corrected chi connectivity index (χ2v) is 17.8. The van der Waals surface area contributed by atoms with Crippen molar-refractivity contribution in [2.75, 3.05) is 0 Å². The average molecular weight is 639 g/mol. The van der Waals surface area contributed by atoms with Crippen molar-refractivity contribution in [3.8, 4) is 11.5 Å². The van der Waals surface area contributed by atoms with Crippen molar-refractivity contribution in [2.24, 2.45) is 0 Å². The molecule has 4 aromatic rings. The van der Waals surface area contributed by atoms with Crippen molar-refractivity contribution in [1.82, 2.24) is 0 Å². The molecule has 3 heteroatoms. The molecule has 0 fully saturated rings. The molecular formula is C45H50O3. The summed E-state index contributed by atoms with van der Waals surface area (Å²) in [4.78, 5) is 13.8. The highest BCUT2D eigenvalue weighted by atomic mass is 16.3. The zero-order valence-electron chi connectivity index (χ0n) is 30.7. The summed E-state index contributed by atoms with van der Waals surface area (Å²) in [6, 6.07) is 24.5. The van der Waals surface area contributed by atoms with Crippen LogP contribution in [0.5, 0.6) is 11.5 Å². The van der Waals surface area contributed by atoms with E-state index in [0.29, 0.717) is 22.6 Å². The minimum Gasteiger partial charge on any atom is -0.507 e. The van der Waals surface area contributed by atoms with Crippen LogP contribution in [0.3, 0.4) is 0 Å². The first kappa shape index (κ1) is 33.5. The van der Waals surface area contributed by atoms with Gasteiger partial charge in [-0.3, -0.25) is 4.79 Å². The van der Waals surface area contributed by atoms with Crippen LogP contribution in [0.25, 0.3) is 16.7 Å². The molecule has 4 aromatic carbocycles. The van der Waals surface area contributed by atoms with Crippen LogP contribution in [0, 0.1) is 0 Å². The third-order valence-corrected chi connectivity index (χ3v) is 9.85. The van der Waals surface area contributed by atoms with Crippen LogP contribution >= 0.6 is 0 Å². The standard InChI is InChI=1S/C45H50O3/c1-42(2,3)31-21-25(22-32(40(31)47)43(4,5)6)35-36(26-23-33(44(7,8)9)41(48)34(24-26)45(10,11)12)38(35)37-27-17-13-15-19-29(27)39(46)30-20-16-14-18-28(30)37/h13-24,47-48H,1-12H3. The quantitative estimate of drug-likeness (QED) is 0.202. The van der Waals surface area contributed by atoms with E-state index in [4.69, 9.17) is 0 Å². The van der Waals surface area contributed by atoms with E-state index in [-0.39, 0.29) is 27.4 Å². The Bertz CT molecular complexity index is 1860. The molecule has 0 radical (unpaired) electrons. The molecule has 2 aliphatic carbocycles. The number of allylic oxidation sites excluding steroid dienone is 3. The van der Waals surface area contributed by atoms with E-state index in [1.165, 1.54) is 0 Å². The molecule has 0 unspecified atom stereocenters. The maximum atomic E-state index is 13.8. The number of hydrogen-bond donors (Lipinski definition) is 2. The predicted molar refractivity (Wildman–Crippen MR) is 200 cm³/mol. The van der Waals surface area contributed by atoms with Gasteiger partial charge in [-0.25, -0.2) is 0 Å². The Balaban J connectivity index is 1.78. The zero-order chi connectivity index (χ0) is 35.3. The third-order valence-electron chi connectivity index (χ3n) is 9.85. The number of aromatic hydroxyl groups is 2. The SMILES string of the molecule is CC(C)(C)c1cc(C2=C(c3cc(C(C)(C)C)c(O)c(C(C)(C)C)c3)C2=C2c3ccccc3C(=O)c3ccccc32)cc(C(C)(C)C)c1O. The van der Waals surface area contributed by atoms with Crippen molar-refractivity contribution < 1.29 is 15.0 Å². The molecule has 3 nitrogen and oxygen atoms in total. The summed E-state index contributed by atoms with van der Waals surface area (Å²) in [7, 11) is 0. The number of benzene rings is 4. The van der Waals surface area contributed by atoms with E-state index < -0.39 is 0 Å². The first-order chi connectivity index (χ1) is 22.1. The average Bonchev–Trinajstić information content (AvgIpc) is 3.70. The van der Waals surface area contributed by atoms with Gasteiger partial charge in [0.2, 0.25) is 0 Å². The highest BCUT2D eigenvalue weighted by Gasteiger charge is 2.42. The molecule has 2 aliphatic rings. The van der Waals surface area contributed by atoms with Crippen molar-refractivity contribution in [3.05, 3.63) is 134 Å². The molecular weight excluding hydrogens is 588 g/mol. The van der Waals surface area contributed by atoms with Crippen LogP contribution < -0.4 is 0 Å². The van der Waals surface area contributed by atoms with Crippen LogP contribution in [0.2, 0.25) is 0 Å². The van der Waals surface area contributed by atoms with Crippen LogP contribution in [0.1, 0.15) is 144 Å². The third kappa shape index (κ3) is 5.51. The number of carbonyl (C=O) groups excluding carboxylic acids is 1. The minimum absolute atomic E-state index is 0.0404. The molecule has 48 heavy (non-hydrogen) atoms. The molecule has 0 spiro atoms. The number of carbonyl (C=O) groups is 1. The van der Waals surface area contributed by atoms with E-state index in [0.717, 1.165) is 66.8 Å². The van der Waals surface area contributed by atoms with Gasteiger partial charge in [-0.15, -0.1) is 0 Å². The lowest BCUT2D eigenvalue weighted by Gasteiger charge is -2.28. The van der Waals surface area contributed by atoms with Crippen molar-refractivity contribution >= 4 is 22.5 Å². The van der Waals surface area contributed by atoms with E-state index in [1.54, 1.807) is 0 Å². The first-order valence-corrected chi connectivity index (χ1v) is 17.1. The van der Waals surface area contributed by atoms with E-state index in [2.05, 4.69) is 119 Å².